The molecule has 1 aromatic rings. The third kappa shape index (κ3) is 8.54. The van der Waals surface area contributed by atoms with E-state index in [9.17, 15) is 14.4 Å². The summed E-state index contributed by atoms with van der Waals surface area (Å²) < 4.78 is 5.31. The number of carbonyl (C=O) groups is 3. The van der Waals surface area contributed by atoms with Gasteiger partial charge in [-0.15, -0.1) is 0 Å². The van der Waals surface area contributed by atoms with Crippen molar-refractivity contribution in [2.24, 2.45) is 11.7 Å². The Morgan fingerprint density at radius 3 is 2.48 bits per heavy atom. The summed E-state index contributed by atoms with van der Waals surface area (Å²) in [5.41, 5.74) is 6.32. The van der Waals surface area contributed by atoms with E-state index in [-0.39, 0.29) is 18.3 Å². The average molecular weight is 404 g/mol. The van der Waals surface area contributed by atoms with Gasteiger partial charge in [0, 0.05) is 26.1 Å². The molecule has 1 aliphatic rings. The van der Waals surface area contributed by atoms with Crippen molar-refractivity contribution in [3.8, 4) is 0 Å². The minimum absolute atomic E-state index is 0.109. The Labute approximate surface area is 173 Å². The molecular formula is C22H33N3O4. The van der Waals surface area contributed by atoms with Crippen molar-refractivity contribution in [3.63, 3.8) is 0 Å². The van der Waals surface area contributed by atoms with Crippen molar-refractivity contribution in [1.82, 2.24) is 10.2 Å². The van der Waals surface area contributed by atoms with Crippen LogP contribution in [0.4, 0.5) is 4.79 Å². The summed E-state index contributed by atoms with van der Waals surface area (Å²) in [4.78, 5) is 36.9. The van der Waals surface area contributed by atoms with Gasteiger partial charge in [-0.2, -0.15) is 0 Å². The molecule has 1 aliphatic heterocycles. The Morgan fingerprint density at radius 2 is 1.83 bits per heavy atom. The number of hydrogen-bond acceptors (Lipinski definition) is 4. The molecule has 160 valence electrons. The van der Waals surface area contributed by atoms with Gasteiger partial charge in [0.15, 0.2) is 6.10 Å². The fourth-order valence-electron chi connectivity index (χ4n) is 3.65. The summed E-state index contributed by atoms with van der Waals surface area (Å²) in [5, 5.41) is 2.51. The Hall–Kier alpha value is -2.57. The lowest BCUT2D eigenvalue weighted by Crippen LogP contribution is -2.44. The highest BCUT2D eigenvalue weighted by Gasteiger charge is 2.27. The molecule has 0 saturated carbocycles. The van der Waals surface area contributed by atoms with Crippen molar-refractivity contribution >= 4 is 17.9 Å². The van der Waals surface area contributed by atoms with E-state index in [4.69, 9.17) is 10.5 Å². The van der Waals surface area contributed by atoms with E-state index in [0.29, 0.717) is 32.0 Å². The molecule has 1 fully saturated rings. The van der Waals surface area contributed by atoms with Crippen molar-refractivity contribution in [2.75, 3.05) is 19.6 Å². The normalized spacial score (nSPS) is 15.6. The van der Waals surface area contributed by atoms with Gasteiger partial charge in [0.25, 0.3) is 5.91 Å². The zero-order valence-electron chi connectivity index (χ0n) is 17.3. The van der Waals surface area contributed by atoms with E-state index in [2.05, 4.69) is 29.6 Å². The van der Waals surface area contributed by atoms with Gasteiger partial charge in [0.2, 0.25) is 0 Å². The van der Waals surface area contributed by atoms with Crippen molar-refractivity contribution in [3.05, 3.63) is 35.9 Å². The Balaban J connectivity index is 1.62. The Kier molecular flexibility index (Phi) is 9.47. The minimum Gasteiger partial charge on any atom is -0.453 e. The monoisotopic (exact) mass is 403 g/mol. The highest BCUT2D eigenvalue weighted by Crippen LogP contribution is 2.22. The number of hydrogen-bond donors (Lipinski definition) is 2. The number of unbranched alkanes of at least 4 members (excludes halogenated alkanes) is 2. The number of benzene rings is 1. The lowest BCUT2D eigenvalue weighted by molar-refractivity contribution is -0.159. The second kappa shape index (κ2) is 12.1. The van der Waals surface area contributed by atoms with Crippen molar-refractivity contribution in [1.29, 1.82) is 0 Å². The number of piperidine rings is 1. The van der Waals surface area contributed by atoms with Gasteiger partial charge in [0.05, 0.1) is 0 Å². The van der Waals surface area contributed by atoms with E-state index in [1.807, 2.05) is 11.0 Å². The maximum Gasteiger partial charge on any atom is 0.312 e. The summed E-state index contributed by atoms with van der Waals surface area (Å²) in [5.74, 6) is 0.123. The molecule has 0 radical (unpaired) electrons. The predicted octanol–water partition coefficient (Wildman–Crippen LogP) is 2.63. The Morgan fingerprint density at radius 1 is 1.14 bits per heavy atom. The van der Waals surface area contributed by atoms with Crippen LogP contribution < -0.4 is 11.1 Å². The van der Waals surface area contributed by atoms with Crippen LogP contribution >= 0.6 is 0 Å². The highest BCUT2D eigenvalue weighted by molar-refractivity contribution is 5.83. The number of likely N-dealkylation sites (tertiary alicyclic amines) is 1. The summed E-state index contributed by atoms with van der Waals surface area (Å²) >= 11 is 0. The lowest BCUT2D eigenvalue weighted by atomic mass is 9.90. The molecule has 0 spiro atoms. The first-order valence-corrected chi connectivity index (χ1v) is 10.5. The zero-order valence-corrected chi connectivity index (χ0v) is 17.3. The van der Waals surface area contributed by atoms with Crippen LogP contribution in [0.15, 0.2) is 30.3 Å². The van der Waals surface area contributed by atoms with Crippen LogP contribution in [0.3, 0.4) is 0 Å². The van der Waals surface area contributed by atoms with E-state index >= 15 is 0 Å². The second-order valence-corrected chi connectivity index (χ2v) is 7.69. The van der Waals surface area contributed by atoms with Crippen LogP contribution in [0.5, 0.6) is 0 Å². The molecular weight excluding hydrogens is 370 g/mol. The molecule has 1 heterocycles. The fraction of sp³-hybridized carbons (Fsp3) is 0.591. The van der Waals surface area contributed by atoms with E-state index in [1.54, 1.807) is 6.92 Å². The van der Waals surface area contributed by atoms with Crippen LogP contribution in [-0.2, 0) is 20.7 Å². The number of rotatable bonds is 10. The number of nitrogens with zero attached hydrogens (tertiary/aromatic N) is 1. The van der Waals surface area contributed by atoms with Crippen LogP contribution in [0, 0.1) is 5.92 Å². The van der Waals surface area contributed by atoms with Gasteiger partial charge in [-0.25, -0.2) is 4.79 Å². The summed E-state index contributed by atoms with van der Waals surface area (Å²) in [7, 11) is 0. The number of ether oxygens (including phenoxy) is 1. The van der Waals surface area contributed by atoms with E-state index < -0.39 is 12.1 Å². The van der Waals surface area contributed by atoms with Crippen molar-refractivity contribution < 1.29 is 19.1 Å². The molecule has 7 nitrogen and oxygen atoms in total. The SMILES string of the molecule is C[C@H](OC(=O)CCCCCNC(N)=O)C(=O)N1CCC(Cc2ccccc2)CC1. The average Bonchev–Trinajstić information content (AvgIpc) is 2.71. The number of carbonyl (C=O) groups excluding carboxylic acids is 3. The number of urea groups is 1. The predicted molar refractivity (Wildman–Crippen MR) is 111 cm³/mol. The third-order valence-electron chi connectivity index (χ3n) is 5.31. The number of esters is 1. The molecule has 0 aliphatic carbocycles. The number of nitrogens with two attached hydrogens (primary N) is 1. The number of primary amides is 1. The molecule has 7 heteroatoms. The topological polar surface area (TPSA) is 102 Å². The quantitative estimate of drug-likeness (QED) is 0.463. The maximum atomic E-state index is 12.6. The van der Waals surface area contributed by atoms with Crippen LogP contribution in [0.25, 0.3) is 0 Å². The first-order valence-electron chi connectivity index (χ1n) is 10.5. The van der Waals surface area contributed by atoms with Gasteiger partial charge in [0.1, 0.15) is 0 Å². The van der Waals surface area contributed by atoms with Gasteiger partial charge in [-0.3, -0.25) is 9.59 Å². The fourth-order valence-corrected chi connectivity index (χ4v) is 3.65. The molecule has 3 amide bonds. The van der Waals surface area contributed by atoms with Gasteiger partial charge < -0.3 is 20.7 Å². The molecule has 3 N–H and O–H groups in total. The molecule has 0 unspecified atom stereocenters. The summed E-state index contributed by atoms with van der Waals surface area (Å²) in [6, 6.07) is 9.89. The molecule has 1 aromatic carbocycles. The van der Waals surface area contributed by atoms with Crippen molar-refractivity contribution in [2.45, 2.75) is 58.0 Å². The van der Waals surface area contributed by atoms with Crippen LogP contribution in [-0.4, -0.2) is 48.5 Å². The molecule has 0 bridgehead atoms. The highest BCUT2D eigenvalue weighted by atomic mass is 16.5. The van der Waals surface area contributed by atoms with Crippen LogP contribution in [0.2, 0.25) is 0 Å². The maximum absolute atomic E-state index is 12.6. The molecule has 1 atom stereocenters. The minimum atomic E-state index is -0.746. The number of nitrogens with one attached hydrogen (secondary N) is 1. The zero-order chi connectivity index (χ0) is 21.1. The molecule has 29 heavy (non-hydrogen) atoms. The summed E-state index contributed by atoms with van der Waals surface area (Å²) in [6.45, 7) is 3.57. The Bertz CT molecular complexity index is 657. The van der Waals surface area contributed by atoms with Gasteiger partial charge in [-0.1, -0.05) is 36.8 Å². The first-order chi connectivity index (χ1) is 14.0. The van der Waals surface area contributed by atoms with Crippen LogP contribution in [0.1, 0.15) is 51.0 Å². The summed E-state index contributed by atoms with van der Waals surface area (Å²) in [6.07, 6.45) is 4.71. The number of amides is 3. The van der Waals surface area contributed by atoms with E-state index in [0.717, 1.165) is 32.1 Å². The second-order valence-electron chi connectivity index (χ2n) is 7.69. The molecule has 2 rings (SSSR count). The smallest absolute Gasteiger partial charge is 0.312 e. The van der Waals surface area contributed by atoms with Gasteiger partial charge >= 0.3 is 12.0 Å². The largest absolute Gasteiger partial charge is 0.453 e. The van der Waals surface area contributed by atoms with Gasteiger partial charge in [-0.05, 0) is 50.5 Å². The van der Waals surface area contributed by atoms with E-state index in [1.165, 1.54) is 5.56 Å². The molecule has 1 saturated heterocycles. The standard InChI is InChI=1S/C22H33N3O4/c1-17(29-20(26)10-6-3-7-13-24-22(23)28)21(27)25-14-11-19(12-15-25)16-18-8-4-2-5-9-18/h2,4-5,8-9,17,19H,3,6-7,10-16H2,1H3,(H3,23,24,28)/t17-/m0/s1. The first kappa shape index (κ1) is 22.7. The third-order valence-corrected chi connectivity index (χ3v) is 5.31. The molecule has 0 aromatic heterocycles. The lowest BCUT2D eigenvalue weighted by Gasteiger charge is -2.33.